The van der Waals surface area contributed by atoms with Crippen LogP contribution in [0.15, 0.2) is 65.7 Å². The number of nitrogens with zero attached hydrogens (tertiary/aromatic N) is 1. The van der Waals surface area contributed by atoms with Gasteiger partial charge in [-0.25, -0.2) is 4.79 Å². The molecule has 2 amide bonds. The number of hydrogen-bond acceptors (Lipinski definition) is 5. The minimum Gasteiger partial charge on any atom is -0.493 e. The third-order valence-electron chi connectivity index (χ3n) is 4.94. The smallest absolute Gasteiger partial charge is 0.416 e. The van der Waals surface area contributed by atoms with Crippen molar-refractivity contribution in [1.82, 2.24) is 4.98 Å². The van der Waals surface area contributed by atoms with Crippen molar-refractivity contribution in [2.75, 3.05) is 31.0 Å². The summed E-state index contributed by atoms with van der Waals surface area (Å²) < 4.78 is 49.4. The number of carbonyl (C=O) groups is 1. The molecular weight excluding hydrogens is 479 g/mol. The molecule has 0 atom stereocenters. The molecule has 0 bridgehead atoms. The summed E-state index contributed by atoms with van der Waals surface area (Å²) in [6.45, 7) is 3.19. The Hall–Kier alpha value is -3.24. The summed E-state index contributed by atoms with van der Waals surface area (Å²) in [4.78, 5) is 17.6. The van der Waals surface area contributed by atoms with E-state index in [1.807, 2.05) is 25.1 Å². The first-order valence-corrected chi connectivity index (χ1v) is 11.8. The van der Waals surface area contributed by atoms with Crippen molar-refractivity contribution in [2.45, 2.75) is 30.2 Å². The Morgan fingerprint density at radius 2 is 1.77 bits per heavy atom. The Balaban J connectivity index is 1.52. The number of thioether (sulfide) groups is 1. The SMILES string of the molecule is COCCCOc1ccnc(CSc2ccc(NC(=O)Nc3cccc(C(F)(F)F)c3)cc2)c1C. The van der Waals surface area contributed by atoms with E-state index in [2.05, 4.69) is 15.6 Å². The Morgan fingerprint density at radius 1 is 1.03 bits per heavy atom. The van der Waals surface area contributed by atoms with Crippen LogP contribution in [-0.2, 0) is 16.7 Å². The minimum atomic E-state index is -4.48. The normalized spacial score (nSPS) is 11.2. The van der Waals surface area contributed by atoms with E-state index in [-0.39, 0.29) is 5.69 Å². The van der Waals surface area contributed by atoms with Gasteiger partial charge in [0.25, 0.3) is 0 Å². The van der Waals surface area contributed by atoms with Crippen LogP contribution in [0, 0.1) is 6.92 Å². The van der Waals surface area contributed by atoms with E-state index in [0.717, 1.165) is 40.5 Å². The van der Waals surface area contributed by atoms with Gasteiger partial charge in [-0.2, -0.15) is 13.2 Å². The lowest BCUT2D eigenvalue weighted by Crippen LogP contribution is -2.19. The number of halogens is 3. The second-order valence-corrected chi connectivity index (χ2v) is 8.60. The molecule has 3 aromatic rings. The summed E-state index contributed by atoms with van der Waals surface area (Å²) in [5.41, 5.74) is 1.64. The number of urea groups is 1. The average Bonchev–Trinajstić information content (AvgIpc) is 2.82. The van der Waals surface area contributed by atoms with Crippen molar-refractivity contribution < 1.29 is 27.4 Å². The molecule has 0 saturated carbocycles. The van der Waals surface area contributed by atoms with Crippen LogP contribution in [0.5, 0.6) is 5.75 Å². The van der Waals surface area contributed by atoms with Gasteiger partial charge in [0, 0.05) is 53.9 Å². The van der Waals surface area contributed by atoms with E-state index in [0.29, 0.717) is 24.7 Å². The number of nitrogens with one attached hydrogen (secondary N) is 2. The highest BCUT2D eigenvalue weighted by Gasteiger charge is 2.30. The van der Waals surface area contributed by atoms with Crippen LogP contribution < -0.4 is 15.4 Å². The molecule has 2 aromatic carbocycles. The molecule has 186 valence electrons. The molecule has 35 heavy (non-hydrogen) atoms. The van der Waals surface area contributed by atoms with Crippen molar-refractivity contribution in [3.05, 3.63) is 77.6 Å². The first kappa shape index (κ1) is 26.4. The fourth-order valence-corrected chi connectivity index (χ4v) is 4.02. The fourth-order valence-electron chi connectivity index (χ4n) is 3.10. The summed E-state index contributed by atoms with van der Waals surface area (Å²) in [7, 11) is 1.66. The van der Waals surface area contributed by atoms with E-state index in [4.69, 9.17) is 9.47 Å². The standard InChI is InChI=1S/C25H26F3N3O3S/c1-17-22(29-12-11-23(17)34-14-4-13-33-2)16-35-21-9-7-19(8-10-21)30-24(32)31-20-6-3-5-18(15-20)25(26,27)28/h3,5-12,15H,4,13-14,16H2,1-2H3,(H2,30,31,32). The van der Waals surface area contributed by atoms with Gasteiger partial charge in [-0.1, -0.05) is 6.07 Å². The lowest BCUT2D eigenvalue weighted by atomic mass is 10.2. The molecule has 2 N–H and O–H groups in total. The summed E-state index contributed by atoms with van der Waals surface area (Å²) in [5.74, 6) is 1.45. The first-order chi connectivity index (χ1) is 16.8. The zero-order chi connectivity index (χ0) is 25.3. The van der Waals surface area contributed by atoms with Gasteiger partial charge in [0.1, 0.15) is 5.75 Å². The zero-order valence-corrected chi connectivity index (χ0v) is 20.1. The monoisotopic (exact) mass is 505 g/mol. The highest BCUT2D eigenvalue weighted by molar-refractivity contribution is 7.98. The van der Waals surface area contributed by atoms with E-state index in [1.54, 1.807) is 37.2 Å². The van der Waals surface area contributed by atoms with Crippen LogP contribution in [0.25, 0.3) is 0 Å². The van der Waals surface area contributed by atoms with Crippen molar-refractivity contribution in [1.29, 1.82) is 0 Å². The van der Waals surface area contributed by atoms with Crippen LogP contribution >= 0.6 is 11.8 Å². The maximum Gasteiger partial charge on any atom is 0.416 e. The highest BCUT2D eigenvalue weighted by atomic mass is 32.2. The lowest BCUT2D eigenvalue weighted by Gasteiger charge is -2.12. The molecule has 0 unspecified atom stereocenters. The fraction of sp³-hybridized carbons (Fsp3) is 0.280. The molecule has 0 aliphatic heterocycles. The average molecular weight is 506 g/mol. The second kappa shape index (κ2) is 12.5. The number of hydrogen-bond donors (Lipinski definition) is 2. The van der Waals surface area contributed by atoms with Gasteiger partial charge in [-0.15, -0.1) is 11.8 Å². The molecular formula is C25H26F3N3O3S. The van der Waals surface area contributed by atoms with E-state index in [9.17, 15) is 18.0 Å². The van der Waals surface area contributed by atoms with Gasteiger partial charge in [-0.3, -0.25) is 4.98 Å². The molecule has 3 rings (SSSR count). The third-order valence-corrected chi connectivity index (χ3v) is 5.97. The van der Waals surface area contributed by atoms with Crippen LogP contribution in [0.4, 0.5) is 29.3 Å². The van der Waals surface area contributed by atoms with Crippen LogP contribution in [0.2, 0.25) is 0 Å². The van der Waals surface area contributed by atoms with Gasteiger partial charge in [-0.05, 0) is 55.5 Å². The van der Waals surface area contributed by atoms with Crippen molar-refractivity contribution >= 4 is 29.2 Å². The Kier molecular flexibility index (Phi) is 9.39. The maximum atomic E-state index is 12.8. The van der Waals surface area contributed by atoms with Crippen LogP contribution in [0.3, 0.4) is 0 Å². The number of methoxy groups -OCH3 is 1. The van der Waals surface area contributed by atoms with Gasteiger partial charge in [0.2, 0.25) is 0 Å². The number of aromatic nitrogens is 1. The maximum absolute atomic E-state index is 12.8. The number of anilines is 2. The molecule has 0 spiro atoms. The molecule has 0 aliphatic carbocycles. The van der Waals surface area contributed by atoms with Gasteiger partial charge >= 0.3 is 12.2 Å². The minimum absolute atomic E-state index is 0.0530. The molecule has 0 saturated heterocycles. The number of ether oxygens (including phenoxy) is 2. The quantitative estimate of drug-likeness (QED) is 0.235. The number of carbonyl (C=O) groups excluding carboxylic acids is 1. The van der Waals surface area contributed by atoms with Crippen molar-refractivity contribution in [3.8, 4) is 5.75 Å². The summed E-state index contributed by atoms with van der Waals surface area (Å²) in [6.07, 6.45) is -1.95. The summed E-state index contributed by atoms with van der Waals surface area (Å²) >= 11 is 1.59. The molecule has 10 heteroatoms. The second-order valence-electron chi connectivity index (χ2n) is 7.55. The number of amides is 2. The predicted octanol–water partition coefficient (Wildman–Crippen LogP) is 6.76. The zero-order valence-electron chi connectivity index (χ0n) is 19.3. The predicted molar refractivity (Wildman–Crippen MR) is 131 cm³/mol. The van der Waals surface area contributed by atoms with Gasteiger partial charge < -0.3 is 20.1 Å². The molecule has 0 fully saturated rings. The Labute approximate surface area is 206 Å². The van der Waals surface area contributed by atoms with Crippen molar-refractivity contribution in [3.63, 3.8) is 0 Å². The summed E-state index contributed by atoms with van der Waals surface area (Å²) in [6, 6.07) is 12.8. The highest BCUT2D eigenvalue weighted by Crippen LogP contribution is 2.31. The van der Waals surface area contributed by atoms with Gasteiger partial charge in [0.15, 0.2) is 0 Å². The van der Waals surface area contributed by atoms with Crippen LogP contribution in [-0.4, -0.2) is 31.3 Å². The lowest BCUT2D eigenvalue weighted by molar-refractivity contribution is -0.137. The largest absolute Gasteiger partial charge is 0.493 e. The van der Waals surface area contributed by atoms with Crippen LogP contribution in [0.1, 0.15) is 23.2 Å². The Morgan fingerprint density at radius 3 is 2.49 bits per heavy atom. The number of benzene rings is 2. The summed E-state index contributed by atoms with van der Waals surface area (Å²) in [5, 5.41) is 5.03. The molecule has 1 aromatic heterocycles. The first-order valence-electron chi connectivity index (χ1n) is 10.8. The number of alkyl halides is 3. The van der Waals surface area contributed by atoms with Crippen molar-refractivity contribution in [2.24, 2.45) is 0 Å². The Bertz CT molecular complexity index is 1120. The van der Waals surface area contributed by atoms with E-state index in [1.165, 1.54) is 12.1 Å². The number of rotatable bonds is 10. The molecule has 1 heterocycles. The van der Waals surface area contributed by atoms with E-state index >= 15 is 0 Å². The van der Waals surface area contributed by atoms with Gasteiger partial charge in [0.05, 0.1) is 17.9 Å². The third kappa shape index (κ3) is 8.18. The molecule has 6 nitrogen and oxygen atoms in total. The molecule has 0 radical (unpaired) electrons. The molecule has 0 aliphatic rings. The topological polar surface area (TPSA) is 72.5 Å². The number of pyridine rings is 1. The van der Waals surface area contributed by atoms with E-state index < -0.39 is 17.8 Å².